The first-order chi connectivity index (χ1) is 13.7. The first-order valence-corrected chi connectivity index (χ1v) is 11.1. The maximum absolute atomic E-state index is 10.7. The highest BCUT2D eigenvalue weighted by molar-refractivity contribution is 7.17. The fourth-order valence-electron chi connectivity index (χ4n) is 4.26. The minimum absolute atomic E-state index is 0.292. The van der Waals surface area contributed by atoms with Crippen LogP contribution in [0.2, 0.25) is 0 Å². The molecule has 2 fully saturated rings. The van der Waals surface area contributed by atoms with Crippen molar-refractivity contribution in [2.75, 3.05) is 25.0 Å². The van der Waals surface area contributed by atoms with Gasteiger partial charge in [-0.25, -0.2) is 0 Å². The van der Waals surface area contributed by atoms with Crippen molar-refractivity contribution in [2.45, 2.75) is 38.6 Å². The average molecular weight is 395 g/mol. The molecule has 1 aromatic carbocycles. The van der Waals surface area contributed by atoms with Crippen molar-refractivity contribution in [2.24, 2.45) is 5.92 Å². The largest absolute Gasteiger partial charge is 0.507 e. The molecule has 1 atom stereocenters. The molecule has 0 radical (unpaired) electrons. The summed E-state index contributed by atoms with van der Waals surface area (Å²) in [6, 6.07) is 8.42. The van der Waals surface area contributed by atoms with E-state index >= 15 is 0 Å². The lowest BCUT2D eigenvalue weighted by Gasteiger charge is -2.33. The Morgan fingerprint density at radius 3 is 2.93 bits per heavy atom. The van der Waals surface area contributed by atoms with E-state index in [9.17, 15) is 5.11 Å². The zero-order valence-electron chi connectivity index (χ0n) is 16.2. The van der Waals surface area contributed by atoms with Crippen LogP contribution in [0.4, 0.5) is 5.82 Å². The third-order valence-electron chi connectivity index (χ3n) is 5.92. The summed E-state index contributed by atoms with van der Waals surface area (Å²) in [4.78, 5) is 2.60. The van der Waals surface area contributed by atoms with Gasteiger partial charge < -0.3 is 15.3 Å². The lowest BCUT2D eigenvalue weighted by molar-refractivity contribution is 0.208. The molecule has 2 N–H and O–H groups in total. The van der Waals surface area contributed by atoms with Crippen LogP contribution in [0.3, 0.4) is 0 Å². The first kappa shape index (κ1) is 17.9. The van der Waals surface area contributed by atoms with Gasteiger partial charge in [0.15, 0.2) is 0 Å². The minimum Gasteiger partial charge on any atom is -0.507 e. The normalized spacial score (nSPS) is 20.5. The van der Waals surface area contributed by atoms with E-state index in [1.807, 2.05) is 30.5 Å². The maximum atomic E-state index is 10.7. The van der Waals surface area contributed by atoms with Gasteiger partial charge in [0.25, 0.3) is 0 Å². The van der Waals surface area contributed by atoms with Crippen LogP contribution < -0.4 is 5.32 Å². The molecule has 5 rings (SSSR count). The van der Waals surface area contributed by atoms with E-state index in [1.54, 1.807) is 11.3 Å². The first-order valence-electron chi connectivity index (χ1n) is 10.2. The lowest BCUT2D eigenvalue weighted by atomic mass is 10.0. The Kier molecular flexibility index (Phi) is 4.69. The van der Waals surface area contributed by atoms with Crippen LogP contribution in [0.1, 0.15) is 31.2 Å². The number of hydrogen-bond acceptors (Lipinski definition) is 6. The second kappa shape index (κ2) is 7.33. The number of nitrogens with zero attached hydrogens (tertiary/aromatic N) is 3. The number of piperidine rings is 1. The molecule has 1 aliphatic carbocycles. The highest BCUT2D eigenvalue weighted by Gasteiger charge is 2.27. The molecule has 5 nitrogen and oxygen atoms in total. The number of fused-ring (bicyclic) bond motifs is 1. The van der Waals surface area contributed by atoms with Gasteiger partial charge in [0.2, 0.25) is 0 Å². The highest BCUT2D eigenvalue weighted by Crippen LogP contribution is 2.38. The molecule has 0 unspecified atom stereocenters. The zero-order valence-corrected chi connectivity index (χ0v) is 17.0. The predicted octanol–water partition coefficient (Wildman–Crippen LogP) is 4.66. The number of phenolic OH excluding ortho intramolecular Hbond substituents is 1. The van der Waals surface area contributed by atoms with Crippen LogP contribution in [0.25, 0.3) is 21.3 Å². The molecule has 1 saturated heterocycles. The molecular weight excluding hydrogens is 368 g/mol. The van der Waals surface area contributed by atoms with Crippen LogP contribution in [0.5, 0.6) is 5.75 Å². The summed E-state index contributed by atoms with van der Waals surface area (Å²) in [6.07, 6.45) is 5.23. The van der Waals surface area contributed by atoms with Gasteiger partial charge in [-0.2, -0.15) is 0 Å². The van der Waals surface area contributed by atoms with Gasteiger partial charge in [0.1, 0.15) is 11.6 Å². The molecule has 2 aromatic heterocycles. The summed E-state index contributed by atoms with van der Waals surface area (Å²) in [7, 11) is 0. The van der Waals surface area contributed by atoms with Crippen LogP contribution >= 0.6 is 11.3 Å². The number of aromatic nitrogens is 2. The van der Waals surface area contributed by atoms with Crippen molar-refractivity contribution >= 4 is 27.2 Å². The van der Waals surface area contributed by atoms with E-state index in [2.05, 4.69) is 26.5 Å². The number of anilines is 1. The van der Waals surface area contributed by atoms with E-state index in [4.69, 9.17) is 0 Å². The maximum Gasteiger partial charge on any atom is 0.149 e. The van der Waals surface area contributed by atoms with Crippen molar-refractivity contribution in [3.05, 3.63) is 35.2 Å². The van der Waals surface area contributed by atoms with Crippen LogP contribution in [0.15, 0.2) is 29.6 Å². The smallest absolute Gasteiger partial charge is 0.149 e. The summed E-state index contributed by atoms with van der Waals surface area (Å²) < 4.78 is 1.08. The molecule has 2 aliphatic rings. The standard InChI is InChI=1S/C22H26N4OS/c1-14-11-20(23-16-3-2-9-26(13-16)12-15-4-5-15)24-25-21(14)18-6-7-19-17(22(18)27)8-10-28-19/h6-8,10-11,15-16,27H,2-5,9,12-13H2,1H3,(H,23,24)/t16-/m0/s1. The monoisotopic (exact) mass is 394 g/mol. The quantitative estimate of drug-likeness (QED) is 0.659. The fraction of sp³-hybridized carbons (Fsp3) is 0.455. The second-order valence-electron chi connectivity index (χ2n) is 8.24. The van der Waals surface area contributed by atoms with Crippen LogP contribution in [0, 0.1) is 12.8 Å². The molecular formula is C22H26N4OS. The third-order valence-corrected chi connectivity index (χ3v) is 6.80. The van der Waals surface area contributed by atoms with Crippen molar-refractivity contribution in [3.8, 4) is 17.0 Å². The fourth-order valence-corrected chi connectivity index (χ4v) is 5.04. The van der Waals surface area contributed by atoms with Gasteiger partial charge in [-0.15, -0.1) is 21.5 Å². The summed E-state index contributed by atoms with van der Waals surface area (Å²) in [6.45, 7) is 5.61. The van der Waals surface area contributed by atoms with Crippen LogP contribution in [-0.2, 0) is 0 Å². The van der Waals surface area contributed by atoms with Crippen LogP contribution in [-0.4, -0.2) is 45.9 Å². The molecule has 1 aliphatic heterocycles. The van der Waals surface area contributed by atoms with E-state index in [-0.39, 0.29) is 0 Å². The summed E-state index contributed by atoms with van der Waals surface area (Å²) >= 11 is 1.63. The molecule has 28 heavy (non-hydrogen) atoms. The van der Waals surface area contributed by atoms with Gasteiger partial charge in [0.05, 0.1) is 5.69 Å². The minimum atomic E-state index is 0.292. The van der Waals surface area contributed by atoms with Crippen molar-refractivity contribution in [1.29, 1.82) is 0 Å². The molecule has 0 spiro atoms. The number of rotatable bonds is 5. The number of nitrogens with one attached hydrogen (secondary N) is 1. The van der Waals surface area contributed by atoms with Crippen molar-refractivity contribution in [1.82, 2.24) is 15.1 Å². The average Bonchev–Trinajstić information content (AvgIpc) is 3.36. The Morgan fingerprint density at radius 2 is 2.11 bits per heavy atom. The summed E-state index contributed by atoms with van der Waals surface area (Å²) in [5.74, 6) is 2.06. The van der Waals surface area contributed by atoms with E-state index < -0.39 is 0 Å². The number of aromatic hydroxyl groups is 1. The molecule has 6 heteroatoms. The van der Waals surface area contributed by atoms with E-state index in [0.717, 1.165) is 45.2 Å². The van der Waals surface area contributed by atoms with E-state index in [0.29, 0.717) is 11.8 Å². The topological polar surface area (TPSA) is 61.3 Å². The van der Waals surface area contributed by atoms with Gasteiger partial charge in [0, 0.05) is 34.8 Å². The Balaban J connectivity index is 1.33. The summed E-state index contributed by atoms with van der Waals surface area (Å²) in [5, 5.41) is 26.0. The number of thiophene rings is 1. The third kappa shape index (κ3) is 3.59. The van der Waals surface area contributed by atoms with Gasteiger partial charge in [-0.3, -0.25) is 0 Å². The molecule has 3 heterocycles. The van der Waals surface area contributed by atoms with Crippen molar-refractivity contribution < 1.29 is 5.11 Å². The number of hydrogen-bond donors (Lipinski definition) is 2. The number of aryl methyl sites for hydroxylation is 1. The Hall–Kier alpha value is -2.18. The second-order valence-corrected chi connectivity index (χ2v) is 9.19. The molecule has 1 saturated carbocycles. The van der Waals surface area contributed by atoms with Gasteiger partial charge >= 0.3 is 0 Å². The van der Waals surface area contributed by atoms with E-state index in [1.165, 1.54) is 38.8 Å². The number of likely N-dealkylation sites (tertiary alicyclic amines) is 1. The molecule has 146 valence electrons. The Morgan fingerprint density at radius 1 is 1.21 bits per heavy atom. The molecule has 3 aromatic rings. The number of benzene rings is 1. The molecule has 0 bridgehead atoms. The lowest BCUT2D eigenvalue weighted by Crippen LogP contribution is -2.43. The number of phenols is 1. The SMILES string of the molecule is Cc1cc(N[C@H]2CCCN(CC3CC3)C2)nnc1-c1ccc2sccc2c1O. The van der Waals surface area contributed by atoms with Gasteiger partial charge in [-0.05, 0) is 80.3 Å². The highest BCUT2D eigenvalue weighted by atomic mass is 32.1. The predicted molar refractivity (Wildman–Crippen MR) is 115 cm³/mol. The van der Waals surface area contributed by atoms with Gasteiger partial charge in [-0.1, -0.05) is 0 Å². The van der Waals surface area contributed by atoms with Crippen molar-refractivity contribution in [3.63, 3.8) is 0 Å². The Labute approximate surface area is 169 Å². The summed E-state index contributed by atoms with van der Waals surface area (Å²) in [5.41, 5.74) is 2.51. The Bertz CT molecular complexity index is 997. The molecule has 0 amide bonds. The zero-order chi connectivity index (χ0) is 19.1.